The number of nitrogens with zero attached hydrogens (tertiary/aromatic N) is 4. The zero-order valence-electron chi connectivity index (χ0n) is 19.5. The van der Waals surface area contributed by atoms with Crippen LogP contribution < -0.4 is 4.90 Å². The highest BCUT2D eigenvalue weighted by molar-refractivity contribution is 5.46. The molecule has 4 heterocycles. The summed E-state index contributed by atoms with van der Waals surface area (Å²) in [7, 11) is 0. The summed E-state index contributed by atoms with van der Waals surface area (Å²) in [6.07, 6.45) is 13.8. The molecule has 33 heavy (non-hydrogen) atoms. The molecule has 4 aliphatic rings. The predicted octanol–water partition coefficient (Wildman–Crippen LogP) is 4.75. The Kier molecular flexibility index (Phi) is 5.83. The first-order valence-corrected chi connectivity index (χ1v) is 12.8. The largest absolute Gasteiger partial charge is 0.381 e. The summed E-state index contributed by atoms with van der Waals surface area (Å²) >= 11 is 0. The molecule has 6 rings (SSSR count). The van der Waals surface area contributed by atoms with Crippen molar-refractivity contribution in [2.24, 2.45) is 5.41 Å². The molecular weight excluding hydrogens is 415 g/mol. The van der Waals surface area contributed by atoms with Gasteiger partial charge in [-0.1, -0.05) is 6.07 Å². The number of rotatable bonds is 4. The van der Waals surface area contributed by atoms with Crippen LogP contribution >= 0.6 is 0 Å². The number of hydrogen-bond acceptors (Lipinski definition) is 5. The third-order valence-corrected chi connectivity index (χ3v) is 8.84. The first-order valence-electron chi connectivity index (χ1n) is 12.8. The van der Waals surface area contributed by atoms with E-state index in [1.54, 1.807) is 12.4 Å². The quantitative estimate of drug-likeness (QED) is 0.673. The molecule has 5 nitrogen and oxygen atoms in total. The number of anilines is 1. The average Bonchev–Trinajstić information content (AvgIpc) is 3.30. The van der Waals surface area contributed by atoms with Gasteiger partial charge in [0.05, 0.1) is 18.1 Å². The second-order valence-electron chi connectivity index (χ2n) is 10.8. The first-order chi connectivity index (χ1) is 16.2. The van der Waals surface area contributed by atoms with Crippen LogP contribution in [0.1, 0.15) is 67.9 Å². The summed E-state index contributed by atoms with van der Waals surface area (Å²) < 4.78 is 19.8. The van der Waals surface area contributed by atoms with Crippen molar-refractivity contribution in [3.63, 3.8) is 0 Å². The topological polar surface area (TPSA) is 41.5 Å². The molecule has 1 aromatic carbocycles. The third-order valence-electron chi connectivity index (χ3n) is 8.84. The van der Waals surface area contributed by atoms with Gasteiger partial charge in [0.15, 0.2) is 0 Å². The minimum atomic E-state index is -0.0840. The Bertz CT molecular complexity index is 950. The van der Waals surface area contributed by atoms with E-state index in [1.807, 2.05) is 18.5 Å². The van der Waals surface area contributed by atoms with Gasteiger partial charge in [-0.2, -0.15) is 0 Å². The molecule has 0 radical (unpaired) electrons. The molecule has 0 bridgehead atoms. The fourth-order valence-corrected chi connectivity index (χ4v) is 7.03. The molecule has 2 aromatic rings. The normalized spacial score (nSPS) is 26.6. The number of ether oxygens (including phenoxy) is 1. The summed E-state index contributed by atoms with van der Waals surface area (Å²) in [4.78, 5) is 13.5. The Balaban J connectivity index is 1.06. The first kappa shape index (κ1) is 21.5. The highest BCUT2D eigenvalue weighted by Crippen LogP contribution is 2.49. The van der Waals surface area contributed by atoms with Crippen LogP contribution in [-0.2, 0) is 4.74 Å². The highest BCUT2D eigenvalue weighted by Gasteiger charge is 2.49. The van der Waals surface area contributed by atoms with Gasteiger partial charge in [-0.15, -0.1) is 0 Å². The van der Waals surface area contributed by atoms with E-state index in [4.69, 9.17) is 4.74 Å². The van der Waals surface area contributed by atoms with Gasteiger partial charge in [0.1, 0.15) is 12.1 Å². The molecule has 1 spiro atoms. The molecule has 3 aliphatic heterocycles. The Hall–Kier alpha value is -2.05. The van der Waals surface area contributed by atoms with Gasteiger partial charge in [0, 0.05) is 37.8 Å². The monoisotopic (exact) mass is 450 g/mol. The van der Waals surface area contributed by atoms with Crippen LogP contribution in [0.2, 0.25) is 0 Å². The molecule has 6 heteroatoms. The van der Waals surface area contributed by atoms with Gasteiger partial charge in [-0.25, -0.2) is 14.4 Å². The Morgan fingerprint density at radius 1 is 0.909 bits per heavy atom. The molecule has 176 valence electrons. The molecule has 0 amide bonds. The molecule has 1 aromatic heterocycles. The van der Waals surface area contributed by atoms with Crippen LogP contribution in [-0.4, -0.2) is 60.3 Å². The second kappa shape index (κ2) is 8.95. The summed E-state index contributed by atoms with van der Waals surface area (Å²) in [6, 6.07) is 6.27. The van der Waals surface area contributed by atoms with Crippen molar-refractivity contribution >= 4 is 5.69 Å². The smallest absolute Gasteiger partial charge is 0.123 e. The lowest BCUT2D eigenvalue weighted by Gasteiger charge is -2.50. The summed E-state index contributed by atoms with van der Waals surface area (Å²) in [5.41, 5.74) is 4.31. The lowest BCUT2D eigenvalue weighted by atomic mass is 9.77. The zero-order chi connectivity index (χ0) is 22.3. The summed E-state index contributed by atoms with van der Waals surface area (Å²) in [6.45, 7) is 6.24. The second-order valence-corrected chi connectivity index (χ2v) is 10.8. The predicted molar refractivity (Wildman–Crippen MR) is 127 cm³/mol. The van der Waals surface area contributed by atoms with E-state index in [1.165, 1.54) is 30.4 Å². The number of piperidine rings is 1. The van der Waals surface area contributed by atoms with Gasteiger partial charge in [0.2, 0.25) is 0 Å². The molecule has 3 saturated heterocycles. The van der Waals surface area contributed by atoms with Gasteiger partial charge in [0.25, 0.3) is 0 Å². The molecule has 1 saturated carbocycles. The Labute approximate surface area is 196 Å². The zero-order valence-corrected chi connectivity index (χ0v) is 19.5. The van der Waals surface area contributed by atoms with Crippen LogP contribution in [0.5, 0.6) is 0 Å². The molecule has 0 N–H and O–H groups in total. The van der Waals surface area contributed by atoms with Gasteiger partial charge >= 0.3 is 0 Å². The van der Waals surface area contributed by atoms with Crippen molar-refractivity contribution < 1.29 is 9.13 Å². The van der Waals surface area contributed by atoms with Crippen molar-refractivity contribution in [1.29, 1.82) is 0 Å². The van der Waals surface area contributed by atoms with E-state index in [-0.39, 0.29) is 5.82 Å². The van der Waals surface area contributed by atoms with E-state index >= 15 is 0 Å². The van der Waals surface area contributed by atoms with Crippen molar-refractivity contribution in [2.75, 3.05) is 44.3 Å². The van der Waals surface area contributed by atoms with Crippen molar-refractivity contribution in [1.82, 2.24) is 14.9 Å². The molecule has 4 fully saturated rings. The van der Waals surface area contributed by atoms with Crippen molar-refractivity contribution in [3.05, 3.63) is 53.9 Å². The number of benzene rings is 1. The Morgan fingerprint density at radius 2 is 1.64 bits per heavy atom. The van der Waals surface area contributed by atoms with Gasteiger partial charge in [-0.05, 0) is 93.1 Å². The molecule has 0 unspecified atom stereocenters. The molecular formula is C27H35FN4O. The van der Waals surface area contributed by atoms with E-state index in [0.29, 0.717) is 23.3 Å². The fraction of sp³-hybridized carbons (Fsp3) is 0.630. The lowest BCUT2D eigenvalue weighted by Crippen LogP contribution is -2.56. The number of likely N-dealkylation sites (tertiary alicyclic amines) is 1. The van der Waals surface area contributed by atoms with Crippen LogP contribution in [0.25, 0.3) is 0 Å². The van der Waals surface area contributed by atoms with E-state index in [0.717, 1.165) is 70.8 Å². The summed E-state index contributed by atoms with van der Waals surface area (Å²) in [5.74, 6) is 0.931. The average molecular weight is 451 g/mol. The molecule has 1 atom stereocenters. The molecule has 1 aliphatic carbocycles. The van der Waals surface area contributed by atoms with E-state index < -0.39 is 0 Å². The summed E-state index contributed by atoms with van der Waals surface area (Å²) in [5, 5.41) is 0. The highest BCUT2D eigenvalue weighted by atomic mass is 19.1. The fourth-order valence-electron chi connectivity index (χ4n) is 7.03. The third kappa shape index (κ3) is 4.28. The number of hydrogen-bond donors (Lipinski definition) is 0. The maximum Gasteiger partial charge on any atom is 0.123 e. The van der Waals surface area contributed by atoms with Crippen molar-refractivity contribution in [3.8, 4) is 0 Å². The Morgan fingerprint density at radius 3 is 2.39 bits per heavy atom. The number of halogens is 1. The minimum absolute atomic E-state index is 0.0840. The standard InChI is InChI=1S/C27H35FN4O/c28-22-1-2-25(21-6-11-33-12-7-21)26(13-22)20-4-9-31(10-5-20)23-3-8-27(14-23)17-32(18-27)24-15-29-19-30-16-24/h1-2,13,15-16,19-21,23H,3-12,14,17-18H2/t23-/m0/s1. The maximum atomic E-state index is 14.2. The van der Waals surface area contributed by atoms with Gasteiger partial charge < -0.3 is 14.5 Å². The van der Waals surface area contributed by atoms with Crippen LogP contribution in [0.3, 0.4) is 0 Å². The SMILES string of the molecule is Fc1ccc(C2CCOCC2)c(C2CCN([C@H]3CCC4(C3)CN(c3cncnc3)C4)CC2)c1. The van der Waals surface area contributed by atoms with Gasteiger partial charge in [-0.3, -0.25) is 0 Å². The maximum absolute atomic E-state index is 14.2. The van der Waals surface area contributed by atoms with Crippen LogP contribution in [0.15, 0.2) is 36.9 Å². The van der Waals surface area contributed by atoms with E-state index in [2.05, 4.69) is 25.8 Å². The minimum Gasteiger partial charge on any atom is -0.381 e. The van der Waals surface area contributed by atoms with Crippen LogP contribution in [0, 0.1) is 11.2 Å². The van der Waals surface area contributed by atoms with Crippen molar-refractivity contribution in [2.45, 2.75) is 62.8 Å². The number of aromatic nitrogens is 2. The van der Waals surface area contributed by atoms with E-state index in [9.17, 15) is 4.39 Å². The lowest BCUT2D eigenvalue weighted by molar-refractivity contribution is 0.0848. The van der Waals surface area contributed by atoms with Crippen LogP contribution in [0.4, 0.5) is 10.1 Å².